The maximum atomic E-state index is 11.2. The predicted octanol–water partition coefficient (Wildman–Crippen LogP) is 1.59. The maximum Gasteiger partial charge on any atom is 0.248 e. The van der Waals surface area contributed by atoms with Gasteiger partial charge in [-0.2, -0.15) is 0 Å². The predicted molar refractivity (Wildman–Crippen MR) is 77.8 cm³/mol. The van der Waals surface area contributed by atoms with E-state index < -0.39 is 5.91 Å². The normalized spacial score (nSPS) is 11.2. The molecule has 0 aromatic heterocycles. The van der Waals surface area contributed by atoms with Crippen LogP contribution in [-0.4, -0.2) is 31.6 Å². The van der Waals surface area contributed by atoms with Crippen molar-refractivity contribution in [1.29, 1.82) is 0 Å². The first-order valence-corrected chi connectivity index (χ1v) is 6.30. The van der Waals surface area contributed by atoms with E-state index in [-0.39, 0.29) is 5.54 Å². The number of hydrogen-bond donors (Lipinski definition) is 3. The van der Waals surface area contributed by atoms with Crippen molar-refractivity contribution in [3.63, 3.8) is 0 Å². The number of carbonyl (C=O) groups is 1. The smallest absolute Gasteiger partial charge is 0.248 e. The Morgan fingerprint density at radius 1 is 1.32 bits per heavy atom. The fraction of sp³-hybridized carbons (Fsp3) is 0.500. The van der Waals surface area contributed by atoms with Crippen molar-refractivity contribution < 1.29 is 9.53 Å². The largest absolute Gasteiger partial charge is 0.495 e. The van der Waals surface area contributed by atoms with Gasteiger partial charge in [-0.1, -0.05) is 0 Å². The average molecular weight is 265 g/mol. The van der Waals surface area contributed by atoms with Gasteiger partial charge in [0.2, 0.25) is 5.91 Å². The van der Waals surface area contributed by atoms with Crippen LogP contribution in [0, 0.1) is 0 Å². The number of benzene rings is 1. The number of ether oxygens (including phenoxy) is 1. The van der Waals surface area contributed by atoms with Crippen LogP contribution in [0.25, 0.3) is 0 Å². The molecule has 5 nitrogen and oxygen atoms in total. The van der Waals surface area contributed by atoms with E-state index in [0.717, 1.165) is 18.8 Å². The van der Waals surface area contributed by atoms with E-state index in [1.54, 1.807) is 25.3 Å². The van der Waals surface area contributed by atoms with Gasteiger partial charge in [0.1, 0.15) is 5.75 Å². The molecule has 1 rings (SSSR count). The minimum absolute atomic E-state index is 0.0842. The molecular weight excluding hydrogens is 242 g/mol. The van der Waals surface area contributed by atoms with Crippen molar-refractivity contribution in [1.82, 2.24) is 5.32 Å². The monoisotopic (exact) mass is 265 g/mol. The number of nitrogens with two attached hydrogens (primary N) is 1. The van der Waals surface area contributed by atoms with Gasteiger partial charge in [0, 0.05) is 24.2 Å². The lowest BCUT2D eigenvalue weighted by Gasteiger charge is -2.21. The highest BCUT2D eigenvalue weighted by molar-refractivity contribution is 5.94. The Hall–Kier alpha value is -1.75. The van der Waals surface area contributed by atoms with Gasteiger partial charge in [-0.15, -0.1) is 0 Å². The second kappa shape index (κ2) is 6.43. The number of carbonyl (C=O) groups excluding carboxylic acids is 1. The summed E-state index contributed by atoms with van der Waals surface area (Å²) in [6.07, 6.45) is 0. The molecule has 4 N–H and O–H groups in total. The number of primary amides is 1. The molecule has 1 aromatic rings. The Balaban J connectivity index is 2.65. The van der Waals surface area contributed by atoms with Gasteiger partial charge in [-0.25, -0.2) is 0 Å². The summed E-state index contributed by atoms with van der Waals surface area (Å²) in [6.45, 7) is 7.88. The Labute approximate surface area is 114 Å². The van der Waals surface area contributed by atoms with Crippen LogP contribution < -0.4 is 21.1 Å². The third-order valence-corrected chi connectivity index (χ3v) is 2.58. The van der Waals surface area contributed by atoms with Crippen LogP contribution in [0.5, 0.6) is 5.75 Å². The Kier molecular flexibility index (Phi) is 5.18. The van der Waals surface area contributed by atoms with E-state index in [4.69, 9.17) is 10.5 Å². The van der Waals surface area contributed by atoms with E-state index in [9.17, 15) is 4.79 Å². The quantitative estimate of drug-likeness (QED) is 0.683. The summed E-state index contributed by atoms with van der Waals surface area (Å²) in [4.78, 5) is 11.2. The number of hydrogen-bond acceptors (Lipinski definition) is 4. The number of methoxy groups -OCH3 is 1. The molecule has 0 unspecified atom stereocenters. The second-order valence-electron chi connectivity index (χ2n) is 5.38. The molecule has 0 aliphatic heterocycles. The average Bonchev–Trinajstić information content (AvgIpc) is 2.33. The molecule has 1 amide bonds. The van der Waals surface area contributed by atoms with Gasteiger partial charge in [0.05, 0.1) is 12.8 Å². The number of rotatable bonds is 6. The molecule has 0 saturated carbocycles. The molecule has 19 heavy (non-hydrogen) atoms. The van der Waals surface area contributed by atoms with Gasteiger partial charge >= 0.3 is 0 Å². The van der Waals surface area contributed by atoms with Crippen molar-refractivity contribution in [2.45, 2.75) is 26.3 Å². The molecule has 0 heterocycles. The number of nitrogens with one attached hydrogen (secondary N) is 2. The minimum atomic E-state index is -0.446. The summed E-state index contributed by atoms with van der Waals surface area (Å²) >= 11 is 0. The fourth-order valence-corrected chi connectivity index (χ4v) is 1.63. The Bertz CT molecular complexity index is 439. The van der Waals surface area contributed by atoms with E-state index in [0.29, 0.717) is 11.3 Å². The van der Waals surface area contributed by atoms with Crippen molar-refractivity contribution in [3.8, 4) is 5.75 Å². The topological polar surface area (TPSA) is 76.4 Å². The SMILES string of the molecule is COc1ccc(C(N)=O)cc1NCCNC(C)(C)C. The highest BCUT2D eigenvalue weighted by Gasteiger charge is 2.09. The molecule has 0 aliphatic rings. The standard InChI is InChI=1S/C14H23N3O2/c1-14(2,3)17-8-7-16-11-9-10(13(15)18)5-6-12(11)19-4/h5-6,9,16-17H,7-8H2,1-4H3,(H2,15,18). The summed E-state index contributed by atoms with van der Waals surface area (Å²) in [6, 6.07) is 5.09. The van der Waals surface area contributed by atoms with Crippen LogP contribution in [-0.2, 0) is 0 Å². The zero-order chi connectivity index (χ0) is 14.5. The van der Waals surface area contributed by atoms with Crippen LogP contribution in [0.15, 0.2) is 18.2 Å². The molecule has 0 saturated heterocycles. The van der Waals surface area contributed by atoms with Crippen LogP contribution in [0.1, 0.15) is 31.1 Å². The zero-order valence-corrected chi connectivity index (χ0v) is 12.0. The molecule has 5 heteroatoms. The van der Waals surface area contributed by atoms with Gasteiger partial charge in [-0.3, -0.25) is 4.79 Å². The molecule has 0 bridgehead atoms. The number of anilines is 1. The first-order chi connectivity index (χ1) is 8.83. The molecule has 0 radical (unpaired) electrons. The second-order valence-corrected chi connectivity index (χ2v) is 5.38. The number of amides is 1. The lowest BCUT2D eigenvalue weighted by molar-refractivity contribution is 0.100. The van der Waals surface area contributed by atoms with Crippen LogP contribution in [0.2, 0.25) is 0 Å². The lowest BCUT2D eigenvalue weighted by atomic mass is 10.1. The Morgan fingerprint density at radius 2 is 2.00 bits per heavy atom. The lowest BCUT2D eigenvalue weighted by Crippen LogP contribution is -2.38. The van der Waals surface area contributed by atoms with Crippen molar-refractivity contribution in [2.75, 3.05) is 25.5 Å². The summed E-state index contributed by atoms with van der Waals surface area (Å²) in [7, 11) is 1.60. The third-order valence-electron chi connectivity index (χ3n) is 2.58. The summed E-state index contributed by atoms with van der Waals surface area (Å²) in [5.74, 6) is 0.249. The Morgan fingerprint density at radius 3 is 2.53 bits per heavy atom. The van der Waals surface area contributed by atoms with Crippen molar-refractivity contribution in [3.05, 3.63) is 23.8 Å². The summed E-state index contributed by atoms with van der Waals surface area (Å²) < 4.78 is 5.24. The zero-order valence-electron chi connectivity index (χ0n) is 12.0. The van der Waals surface area contributed by atoms with Gasteiger partial charge in [0.25, 0.3) is 0 Å². The molecule has 0 fully saturated rings. The van der Waals surface area contributed by atoms with Crippen LogP contribution in [0.4, 0.5) is 5.69 Å². The molecular formula is C14H23N3O2. The van der Waals surface area contributed by atoms with E-state index >= 15 is 0 Å². The van der Waals surface area contributed by atoms with Crippen LogP contribution in [0.3, 0.4) is 0 Å². The van der Waals surface area contributed by atoms with Crippen molar-refractivity contribution >= 4 is 11.6 Å². The van der Waals surface area contributed by atoms with Crippen LogP contribution >= 0.6 is 0 Å². The highest BCUT2D eigenvalue weighted by atomic mass is 16.5. The summed E-state index contributed by atoms with van der Waals surface area (Å²) in [5.41, 5.74) is 6.59. The fourth-order valence-electron chi connectivity index (χ4n) is 1.63. The highest BCUT2D eigenvalue weighted by Crippen LogP contribution is 2.25. The molecule has 0 atom stereocenters. The molecule has 0 spiro atoms. The third kappa shape index (κ3) is 5.18. The minimum Gasteiger partial charge on any atom is -0.495 e. The van der Waals surface area contributed by atoms with E-state index in [2.05, 4.69) is 31.4 Å². The first-order valence-electron chi connectivity index (χ1n) is 6.30. The first kappa shape index (κ1) is 15.3. The maximum absolute atomic E-state index is 11.2. The molecule has 1 aromatic carbocycles. The van der Waals surface area contributed by atoms with Gasteiger partial charge < -0.3 is 21.1 Å². The van der Waals surface area contributed by atoms with E-state index in [1.165, 1.54) is 0 Å². The van der Waals surface area contributed by atoms with Crippen molar-refractivity contribution in [2.24, 2.45) is 5.73 Å². The van der Waals surface area contributed by atoms with Gasteiger partial charge in [0.15, 0.2) is 0 Å². The van der Waals surface area contributed by atoms with E-state index in [1.807, 2.05) is 0 Å². The van der Waals surface area contributed by atoms with Gasteiger partial charge in [-0.05, 0) is 39.0 Å². The molecule has 106 valence electrons. The summed E-state index contributed by atoms with van der Waals surface area (Å²) in [5, 5.41) is 6.61. The molecule has 0 aliphatic carbocycles.